The van der Waals surface area contributed by atoms with Crippen LogP contribution >= 0.6 is 0 Å². The summed E-state index contributed by atoms with van der Waals surface area (Å²) >= 11 is 0. The van der Waals surface area contributed by atoms with Crippen molar-refractivity contribution in [1.82, 2.24) is 9.80 Å². The molecular weight excluding hydrogens is 388 g/mol. The molecule has 5 nitrogen and oxygen atoms in total. The fourth-order valence-corrected chi connectivity index (χ4v) is 4.43. The molecule has 0 atom stereocenters. The van der Waals surface area contributed by atoms with Gasteiger partial charge in [-0.05, 0) is 80.5 Å². The number of carbonyl (C=O) groups is 2. The molecule has 2 aromatic carbocycles. The summed E-state index contributed by atoms with van der Waals surface area (Å²) in [4.78, 5) is 30.2. The van der Waals surface area contributed by atoms with E-state index in [4.69, 9.17) is 4.74 Å². The Hall–Kier alpha value is -3.08. The second kappa shape index (κ2) is 8.58. The summed E-state index contributed by atoms with van der Waals surface area (Å²) in [5, 5.41) is 0. The third-order valence-corrected chi connectivity index (χ3v) is 6.14. The van der Waals surface area contributed by atoms with Gasteiger partial charge in [-0.1, -0.05) is 24.3 Å². The van der Waals surface area contributed by atoms with Crippen LogP contribution in [0.1, 0.15) is 40.7 Å². The molecule has 5 heteroatoms. The van der Waals surface area contributed by atoms with Gasteiger partial charge in [-0.3, -0.25) is 14.5 Å². The molecule has 1 fully saturated rings. The standard InChI is InChI=1S/C26H30N2O3/c1-17-13-18(2)15-22(14-17)31-12-11-28-25(29)23(21-8-7-19(3)20(4)16-21)24(26(28)30)27-9-5-6-10-27/h7-8,13-16H,5-6,9-12H2,1-4H3. The van der Waals surface area contributed by atoms with Gasteiger partial charge in [-0.15, -0.1) is 0 Å². The number of amides is 2. The molecule has 0 saturated carbocycles. The van der Waals surface area contributed by atoms with Gasteiger partial charge in [0.05, 0.1) is 12.1 Å². The van der Waals surface area contributed by atoms with Gasteiger partial charge in [0, 0.05) is 13.1 Å². The maximum atomic E-state index is 13.4. The molecule has 162 valence electrons. The van der Waals surface area contributed by atoms with Gasteiger partial charge in [0.2, 0.25) is 0 Å². The Labute approximate surface area is 184 Å². The molecule has 2 amide bonds. The van der Waals surface area contributed by atoms with Crippen molar-refractivity contribution in [2.75, 3.05) is 26.2 Å². The summed E-state index contributed by atoms with van der Waals surface area (Å²) in [7, 11) is 0. The van der Waals surface area contributed by atoms with Crippen LogP contribution in [-0.4, -0.2) is 47.9 Å². The first-order valence-corrected chi connectivity index (χ1v) is 11.0. The highest BCUT2D eigenvalue weighted by atomic mass is 16.5. The van der Waals surface area contributed by atoms with E-state index in [2.05, 4.69) is 11.0 Å². The second-order valence-corrected chi connectivity index (χ2v) is 8.65. The van der Waals surface area contributed by atoms with Crippen molar-refractivity contribution in [1.29, 1.82) is 0 Å². The summed E-state index contributed by atoms with van der Waals surface area (Å²) in [6.07, 6.45) is 2.09. The van der Waals surface area contributed by atoms with Gasteiger partial charge in [0.15, 0.2) is 0 Å². The van der Waals surface area contributed by atoms with Crippen molar-refractivity contribution in [2.45, 2.75) is 40.5 Å². The lowest BCUT2D eigenvalue weighted by Gasteiger charge is -2.20. The largest absolute Gasteiger partial charge is 0.492 e. The Bertz CT molecular complexity index is 1040. The Balaban J connectivity index is 1.58. The van der Waals surface area contributed by atoms with Crippen LogP contribution in [0.5, 0.6) is 5.75 Å². The smallest absolute Gasteiger partial charge is 0.277 e. The first-order chi connectivity index (χ1) is 14.8. The fourth-order valence-electron chi connectivity index (χ4n) is 4.43. The number of rotatable bonds is 6. The van der Waals surface area contributed by atoms with Crippen LogP contribution in [0.25, 0.3) is 5.57 Å². The lowest BCUT2D eigenvalue weighted by atomic mass is 9.99. The molecule has 0 aromatic heterocycles. The minimum absolute atomic E-state index is 0.204. The molecular formula is C26H30N2O3. The monoisotopic (exact) mass is 418 g/mol. The van der Waals surface area contributed by atoms with Crippen LogP contribution in [0.2, 0.25) is 0 Å². The van der Waals surface area contributed by atoms with Crippen LogP contribution in [0.3, 0.4) is 0 Å². The summed E-state index contributed by atoms with van der Waals surface area (Å²) in [5.74, 6) is 0.335. The Morgan fingerprint density at radius 2 is 1.52 bits per heavy atom. The van der Waals surface area contributed by atoms with Crippen LogP contribution in [0, 0.1) is 27.7 Å². The summed E-state index contributed by atoms with van der Waals surface area (Å²) in [6, 6.07) is 12.0. The zero-order chi connectivity index (χ0) is 22.1. The van der Waals surface area contributed by atoms with Gasteiger partial charge < -0.3 is 9.64 Å². The van der Waals surface area contributed by atoms with Crippen LogP contribution in [-0.2, 0) is 9.59 Å². The predicted octanol–water partition coefficient (Wildman–Crippen LogP) is 4.17. The second-order valence-electron chi connectivity index (χ2n) is 8.65. The van der Waals surface area contributed by atoms with Gasteiger partial charge in [-0.2, -0.15) is 0 Å². The first-order valence-electron chi connectivity index (χ1n) is 11.0. The molecule has 2 aromatic rings. The summed E-state index contributed by atoms with van der Waals surface area (Å²) in [6.45, 7) is 10.3. The van der Waals surface area contributed by atoms with Crippen molar-refractivity contribution >= 4 is 17.4 Å². The van der Waals surface area contributed by atoms with E-state index in [-0.39, 0.29) is 25.0 Å². The molecule has 4 rings (SSSR count). The van der Waals surface area contributed by atoms with Gasteiger partial charge in [-0.25, -0.2) is 0 Å². The highest BCUT2D eigenvalue weighted by Crippen LogP contribution is 2.34. The third-order valence-electron chi connectivity index (χ3n) is 6.14. The van der Waals surface area contributed by atoms with Crippen LogP contribution < -0.4 is 4.74 Å². The number of carbonyl (C=O) groups excluding carboxylic acids is 2. The Morgan fingerprint density at radius 1 is 0.839 bits per heavy atom. The zero-order valence-electron chi connectivity index (χ0n) is 18.8. The summed E-state index contributed by atoms with van der Waals surface area (Å²) in [5.41, 5.74) is 6.43. The van der Waals surface area contributed by atoms with Crippen molar-refractivity contribution in [3.05, 3.63) is 69.9 Å². The molecule has 2 heterocycles. The SMILES string of the molecule is Cc1cc(C)cc(OCCN2C(=O)C(c3ccc(C)c(C)c3)=C(N3CCCC3)C2=O)c1. The van der Waals surface area contributed by atoms with E-state index in [0.717, 1.165) is 53.9 Å². The van der Waals surface area contributed by atoms with Crippen molar-refractivity contribution < 1.29 is 14.3 Å². The molecule has 0 N–H and O–H groups in total. The minimum Gasteiger partial charge on any atom is -0.492 e. The number of aryl methyl sites for hydroxylation is 4. The van der Waals surface area contributed by atoms with E-state index in [0.29, 0.717) is 11.3 Å². The van der Waals surface area contributed by atoms with Gasteiger partial charge in [0.25, 0.3) is 11.8 Å². The van der Waals surface area contributed by atoms with Crippen molar-refractivity contribution in [2.24, 2.45) is 0 Å². The number of ether oxygens (including phenoxy) is 1. The van der Waals surface area contributed by atoms with Gasteiger partial charge >= 0.3 is 0 Å². The third kappa shape index (κ3) is 4.22. The lowest BCUT2D eigenvalue weighted by molar-refractivity contribution is -0.137. The average Bonchev–Trinajstić information content (AvgIpc) is 3.31. The van der Waals surface area contributed by atoms with Crippen molar-refractivity contribution in [3.63, 3.8) is 0 Å². The van der Waals surface area contributed by atoms with Crippen molar-refractivity contribution in [3.8, 4) is 5.75 Å². The van der Waals surface area contributed by atoms with E-state index in [1.807, 2.05) is 58.0 Å². The van der Waals surface area contributed by atoms with Gasteiger partial charge in [0.1, 0.15) is 18.1 Å². The van der Waals surface area contributed by atoms with E-state index in [1.54, 1.807) is 0 Å². The average molecular weight is 419 g/mol. The quantitative estimate of drug-likeness (QED) is 0.661. The van der Waals surface area contributed by atoms with E-state index >= 15 is 0 Å². The molecule has 2 aliphatic heterocycles. The van der Waals surface area contributed by atoms with Crippen LogP contribution in [0.4, 0.5) is 0 Å². The molecule has 0 aliphatic carbocycles. The number of nitrogens with zero attached hydrogens (tertiary/aromatic N) is 2. The molecule has 2 aliphatic rings. The number of hydrogen-bond donors (Lipinski definition) is 0. The number of benzene rings is 2. The molecule has 1 saturated heterocycles. The molecule has 0 unspecified atom stereocenters. The normalized spacial score (nSPS) is 16.6. The van der Waals surface area contributed by atoms with Crippen LogP contribution in [0.15, 0.2) is 42.1 Å². The van der Waals surface area contributed by atoms with E-state index < -0.39 is 0 Å². The first kappa shape index (κ1) is 21.2. The van der Waals surface area contributed by atoms with E-state index in [1.165, 1.54) is 10.5 Å². The predicted molar refractivity (Wildman–Crippen MR) is 122 cm³/mol. The molecule has 0 bridgehead atoms. The number of hydrogen-bond acceptors (Lipinski definition) is 4. The highest BCUT2D eigenvalue weighted by Gasteiger charge is 2.42. The summed E-state index contributed by atoms with van der Waals surface area (Å²) < 4.78 is 5.88. The Morgan fingerprint density at radius 3 is 2.16 bits per heavy atom. The lowest BCUT2D eigenvalue weighted by Crippen LogP contribution is -2.37. The Kier molecular flexibility index (Phi) is 5.86. The number of imide groups is 1. The molecule has 0 spiro atoms. The highest BCUT2D eigenvalue weighted by molar-refractivity contribution is 6.35. The molecule has 31 heavy (non-hydrogen) atoms. The molecule has 0 radical (unpaired) electrons. The fraction of sp³-hybridized carbons (Fsp3) is 0.385. The maximum absolute atomic E-state index is 13.4. The number of likely N-dealkylation sites (tertiary alicyclic amines) is 1. The maximum Gasteiger partial charge on any atom is 0.277 e. The van der Waals surface area contributed by atoms with E-state index in [9.17, 15) is 9.59 Å². The zero-order valence-corrected chi connectivity index (χ0v) is 18.8. The minimum atomic E-state index is -0.223. The topological polar surface area (TPSA) is 49.9 Å².